The van der Waals surface area contributed by atoms with Gasteiger partial charge in [-0.3, -0.25) is 0 Å². The summed E-state index contributed by atoms with van der Waals surface area (Å²) in [6.07, 6.45) is 0. The molecule has 3 aliphatic rings. The summed E-state index contributed by atoms with van der Waals surface area (Å²) in [5.74, 6) is 0. The van der Waals surface area contributed by atoms with Crippen molar-refractivity contribution in [3.63, 3.8) is 0 Å². The van der Waals surface area contributed by atoms with E-state index in [4.69, 9.17) is 0 Å². The first kappa shape index (κ1) is 32.3. The minimum Gasteiger partial charge on any atom is -0.310 e. The van der Waals surface area contributed by atoms with E-state index in [9.17, 15) is 0 Å². The molecule has 0 fully saturated rings. The Morgan fingerprint density at radius 1 is 0.368 bits per heavy atom. The average Bonchev–Trinajstić information content (AvgIpc) is 3.73. The molecule has 0 aromatic heterocycles. The van der Waals surface area contributed by atoms with Crippen LogP contribution in [0.5, 0.6) is 0 Å². The van der Waals surface area contributed by atoms with Gasteiger partial charge in [-0.05, 0) is 113 Å². The zero-order chi connectivity index (χ0) is 37.9. The molecule has 0 saturated heterocycles. The van der Waals surface area contributed by atoms with Gasteiger partial charge in [0.05, 0.1) is 11.1 Å². The molecule has 3 aliphatic carbocycles. The third kappa shape index (κ3) is 4.24. The highest BCUT2D eigenvalue weighted by atomic mass is 15.1. The second-order valence-corrected chi connectivity index (χ2v) is 16.4. The highest BCUT2D eigenvalue weighted by molar-refractivity contribution is 6.11. The molecule has 57 heavy (non-hydrogen) atoms. The number of fused-ring (bicyclic) bond motifs is 12. The van der Waals surface area contributed by atoms with E-state index in [0.29, 0.717) is 0 Å². The molecule has 0 heterocycles. The van der Waals surface area contributed by atoms with Crippen molar-refractivity contribution in [2.45, 2.75) is 24.7 Å². The maximum atomic E-state index is 2.52. The second-order valence-electron chi connectivity index (χ2n) is 16.4. The van der Waals surface area contributed by atoms with Crippen LogP contribution in [0.4, 0.5) is 17.1 Å². The molecule has 9 aromatic rings. The smallest absolute Gasteiger partial charge is 0.0726 e. The summed E-state index contributed by atoms with van der Waals surface area (Å²) in [6, 6.07) is 74.9. The lowest BCUT2D eigenvalue weighted by Crippen LogP contribution is -2.26. The van der Waals surface area contributed by atoms with E-state index < -0.39 is 5.41 Å². The Hall–Kier alpha value is -6.96. The van der Waals surface area contributed by atoms with Crippen molar-refractivity contribution >= 4 is 27.8 Å². The van der Waals surface area contributed by atoms with Crippen LogP contribution >= 0.6 is 0 Å². The largest absolute Gasteiger partial charge is 0.310 e. The minimum atomic E-state index is -0.427. The van der Waals surface area contributed by atoms with Gasteiger partial charge in [0.25, 0.3) is 0 Å². The van der Waals surface area contributed by atoms with E-state index in [1.165, 1.54) is 94.3 Å². The first-order chi connectivity index (χ1) is 28.1. The van der Waals surface area contributed by atoms with Crippen LogP contribution < -0.4 is 4.90 Å². The van der Waals surface area contributed by atoms with Crippen molar-refractivity contribution in [1.29, 1.82) is 0 Å². The van der Waals surface area contributed by atoms with E-state index in [0.717, 1.165) is 11.4 Å². The molecular weight excluding hydrogens is 687 g/mol. The van der Waals surface area contributed by atoms with E-state index >= 15 is 0 Å². The van der Waals surface area contributed by atoms with Crippen molar-refractivity contribution in [3.05, 3.63) is 234 Å². The normalized spacial score (nSPS) is 14.4. The summed E-state index contributed by atoms with van der Waals surface area (Å²) in [4.78, 5) is 2.52. The zero-order valence-electron chi connectivity index (χ0n) is 32.0. The Balaban J connectivity index is 1.17. The predicted molar refractivity (Wildman–Crippen MR) is 238 cm³/mol. The van der Waals surface area contributed by atoms with E-state index in [-0.39, 0.29) is 5.41 Å². The molecular formula is C56H39N. The Morgan fingerprint density at radius 3 is 1.56 bits per heavy atom. The molecule has 1 heteroatoms. The summed E-state index contributed by atoms with van der Waals surface area (Å²) < 4.78 is 0. The summed E-state index contributed by atoms with van der Waals surface area (Å²) in [6.45, 7) is 4.82. The van der Waals surface area contributed by atoms with Gasteiger partial charge in [0.1, 0.15) is 0 Å². The van der Waals surface area contributed by atoms with Crippen molar-refractivity contribution < 1.29 is 0 Å². The van der Waals surface area contributed by atoms with Gasteiger partial charge < -0.3 is 4.90 Å². The fourth-order valence-electron chi connectivity index (χ4n) is 11.0. The van der Waals surface area contributed by atoms with E-state index in [1.807, 2.05) is 0 Å². The molecule has 268 valence electrons. The standard InChI is InChI=1S/C56H39N/c1-55(2)49-30-15-19-37-31-34-51(53(52(37)49)45-26-16-25-40(54(45)55)36-17-5-3-6-18-36)57(38-20-7-4-8-21-38)39-32-33-44-43-24-11-14-29-48(43)56(50(44)35-39)46-27-12-9-22-41(46)42-23-10-13-28-47(42)56/h3-35H,1-2H3. The van der Waals surface area contributed by atoms with Crippen LogP contribution in [0.1, 0.15) is 47.2 Å². The first-order valence-electron chi connectivity index (χ1n) is 20.1. The van der Waals surface area contributed by atoms with Crippen molar-refractivity contribution in [1.82, 2.24) is 0 Å². The van der Waals surface area contributed by atoms with Crippen LogP contribution in [0, 0.1) is 0 Å². The van der Waals surface area contributed by atoms with Crippen LogP contribution in [-0.4, -0.2) is 0 Å². The molecule has 0 N–H and O–H groups in total. The quantitative estimate of drug-likeness (QED) is 0.175. The summed E-state index contributed by atoms with van der Waals surface area (Å²) in [7, 11) is 0. The van der Waals surface area contributed by atoms with Crippen molar-refractivity contribution in [3.8, 4) is 44.5 Å². The van der Waals surface area contributed by atoms with Crippen LogP contribution in [-0.2, 0) is 10.8 Å². The molecule has 0 radical (unpaired) electrons. The van der Waals surface area contributed by atoms with Crippen LogP contribution in [0.25, 0.3) is 55.3 Å². The number of anilines is 3. The molecule has 0 saturated carbocycles. The first-order valence-corrected chi connectivity index (χ1v) is 20.1. The van der Waals surface area contributed by atoms with Crippen molar-refractivity contribution in [2.24, 2.45) is 0 Å². The third-order valence-corrected chi connectivity index (χ3v) is 13.2. The summed E-state index contributed by atoms with van der Waals surface area (Å²) >= 11 is 0. The van der Waals surface area contributed by atoms with Gasteiger partial charge in [0, 0.05) is 22.4 Å². The SMILES string of the molecule is CC1(C)c2c(-c3ccccc3)cccc2-c2c(N(c3ccccc3)c3ccc4c(c3)C3(c5ccccc5-c5ccccc53)c3ccccc3-4)ccc3cccc1c23. The van der Waals surface area contributed by atoms with Gasteiger partial charge in [-0.25, -0.2) is 0 Å². The summed E-state index contributed by atoms with van der Waals surface area (Å²) in [5.41, 5.74) is 21.3. The highest BCUT2D eigenvalue weighted by Crippen LogP contribution is 2.64. The van der Waals surface area contributed by atoms with Gasteiger partial charge in [-0.1, -0.05) is 184 Å². The van der Waals surface area contributed by atoms with Gasteiger partial charge in [-0.15, -0.1) is 0 Å². The molecule has 0 atom stereocenters. The fraction of sp³-hybridized carbons (Fsp3) is 0.0714. The number of rotatable bonds is 4. The lowest BCUT2D eigenvalue weighted by atomic mass is 9.66. The lowest BCUT2D eigenvalue weighted by Gasteiger charge is -2.39. The predicted octanol–water partition coefficient (Wildman–Crippen LogP) is 14.6. The number of para-hydroxylation sites is 1. The number of hydrogen-bond acceptors (Lipinski definition) is 1. The van der Waals surface area contributed by atoms with Gasteiger partial charge in [0.15, 0.2) is 0 Å². The topological polar surface area (TPSA) is 3.24 Å². The van der Waals surface area contributed by atoms with E-state index in [1.54, 1.807) is 0 Å². The second kappa shape index (κ2) is 11.8. The molecule has 0 unspecified atom stereocenters. The van der Waals surface area contributed by atoms with Crippen LogP contribution in [0.3, 0.4) is 0 Å². The van der Waals surface area contributed by atoms with Gasteiger partial charge in [0.2, 0.25) is 0 Å². The number of nitrogens with zero attached hydrogens (tertiary/aromatic N) is 1. The molecule has 12 rings (SSSR count). The molecule has 0 bridgehead atoms. The average molecular weight is 726 g/mol. The maximum absolute atomic E-state index is 2.52. The Morgan fingerprint density at radius 2 is 0.895 bits per heavy atom. The van der Waals surface area contributed by atoms with Crippen LogP contribution in [0.15, 0.2) is 200 Å². The molecule has 0 amide bonds. The van der Waals surface area contributed by atoms with Gasteiger partial charge in [-0.2, -0.15) is 0 Å². The maximum Gasteiger partial charge on any atom is 0.0726 e. The molecule has 9 aromatic carbocycles. The van der Waals surface area contributed by atoms with E-state index in [2.05, 4.69) is 219 Å². The number of benzene rings is 9. The molecule has 0 aliphatic heterocycles. The third-order valence-electron chi connectivity index (χ3n) is 13.2. The Labute approximate surface area is 334 Å². The van der Waals surface area contributed by atoms with Crippen LogP contribution in [0.2, 0.25) is 0 Å². The highest BCUT2D eigenvalue weighted by Gasteiger charge is 2.51. The molecule has 1 spiro atoms. The summed E-state index contributed by atoms with van der Waals surface area (Å²) in [5, 5.41) is 2.60. The van der Waals surface area contributed by atoms with Crippen molar-refractivity contribution in [2.75, 3.05) is 4.90 Å². The fourth-order valence-corrected chi connectivity index (χ4v) is 11.0. The Kier molecular flexibility index (Phi) is 6.67. The Bertz CT molecular complexity index is 3030. The zero-order valence-corrected chi connectivity index (χ0v) is 32.0. The lowest BCUT2D eigenvalue weighted by molar-refractivity contribution is 0.647. The number of hydrogen-bond donors (Lipinski definition) is 0. The monoisotopic (exact) mass is 725 g/mol. The minimum absolute atomic E-state index is 0.223. The van der Waals surface area contributed by atoms with Gasteiger partial charge >= 0.3 is 0 Å². The molecule has 1 nitrogen and oxygen atoms in total.